The van der Waals surface area contributed by atoms with Crippen molar-refractivity contribution in [3.63, 3.8) is 0 Å². The molecule has 12 heteroatoms. The number of halogens is 2. The minimum atomic E-state index is -2.94. The number of anilines is 1. The lowest BCUT2D eigenvalue weighted by molar-refractivity contribution is 0.0684. The van der Waals surface area contributed by atoms with E-state index in [2.05, 4.69) is 15.9 Å². The van der Waals surface area contributed by atoms with Gasteiger partial charge in [-0.05, 0) is 59.5 Å². The average Bonchev–Trinajstić information content (AvgIpc) is 2.79. The average molecular weight is 516 g/mol. The van der Waals surface area contributed by atoms with E-state index >= 15 is 0 Å². The van der Waals surface area contributed by atoms with Gasteiger partial charge in [0.1, 0.15) is 0 Å². The Bertz CT molecular complexity index is 1540. The number of nitrogens with one attached hydrogen (secondary N) is 2. The molecule has 36 heavy (non-hydrogen) atoms. The van der Waals surface area contributed by atoms with Crippen molar-refractivity contribution in [2.45, 2.75) is 0 Å². The Morgan fingerprint density at radius 2 is 1.36 bits per heavy atom. The van der Waals surface area contributed by atoms with Gasteiger partial charge in [-0.25, -0.2) is 22.6 Å². The summed E-state index contributed by atoms with van der Waals surface area (Å²) in [6, 6.07) is 9.77. The second kappa shape index (κ2) is 9.96. The molecule has 1 atom stereocenters. The minimum Gasteiger partial charge on any atom is -0.478 e. The van der Waals surface area contributed by atoms with Gasteiger partial charge in [-0.1, -0.05) is 12.1 Å². The van der Waals surface area contributed by atoms with E-state index in [9.17, 15) is 42.4 Å². The van der Waals surface area contributed by atoms with Crippen LogP contribution in [0.1, 0.15) is 41.4 Å². The highest BCUT2D eigenvalue weighted by Gasteiger charge is 2.22. The van der Waals surface area contributed by atoms with Crippen LogP contribution in [0.4, 0.5) is 14.5 Å². The third-order valence-electron chi connectivity index (χ3n) is 4.82. The Balaban J connectivity index is 2.01. The number of hydrogen-bond donors (Lipinski definition) is 4. The Hall–Kier alpha value is -4.58. The number of amides is 2. The molecular formula is C24H18F2N2O7S. The molecule has 1 unspecified atom stereocenters. The van der Waals surface area contributed by atoms with E-state index in [-0.39, 0.29) is 27.9 Å². The largest absolute Gasteiger partial charge is 0.478 e. The summed E-state index contributed by atoms with van der Waals surface area (Å²) in [5.41, 5.74) is -1.34. The van der Waals surface area contributed by atoms with Gasteiger partial charge in [0.2, 0.25) is 0 Å². The first-order valence-corrected chi connectivity index (χ1v) is 12.1. The van der Waals surface area contributed by atoms with Gasteiger partial charge in [0, 0.05) is 21.5 Å². The molecule has 3 aromatic carbocycles. The van der Waals surface area contributed by atoms with Gasteiger partial charge in [-0.15, -0.1) is 0 Å². The van der Waals surface area contributed by atoms with Crippen LogP contribution in [0.2, 0.25) is 0 Å². The van der Waals surface area contributed by atoms with Crippen LogP contribution in [-0.2, 0) is 9.71 Å². The van der Waals surface area contributed by atoms with E-state index in [1.807, 2.05) is 0 Å². The number of carboxylic acids is 2. The monoisotopic (exact) mass is 516 g/mol. The van der Waals surface area contributed by atoms with Crippen LogP contribution in [0, 0.1) is 11.6 Å². The van der Waals surface area contributed by atoms with Crippen molar-refractivity contribution in [1.29, 1.82) is 0 Å². The Morgan fingerprint density at radius 3 is 1.94 bits per heavy atom. The summed E-state index contributed by atoms with van der Waals surface area (Å²) >= 11 is 0. The number of aromatic carboxylic acids is 2. The highest BCUT2D eigenvalue weighted by molar-refractivity contribution is 7.98. The molecule has 186 valence electrons. The van der Waals surface area contributed by atoms with Crippen LogP contribution in [0.15, 0.2) is 54.6 Å². The molecule has 3 rings (SSSR count). The molecule has 0 aliphatic rings. The lowest BCUT2D eigenvalue weighted by atomic mass is 10.0. The molecule has 2 amide bonds. The smallest absolute Gasteiger partial charge is 0.337 e. The van der Waals surface area contributed by atoms with Gasteiger partial charge in [0.05, 0.1) is 22.4 Å². The van der Waals surface area contributed by atoms with Gasteiger partial charge < -0.3 is 15.5 Å². The molecule has 0 spiro atoms. The molecule has 4 N–H and O–H groups in total. The first-order chi connectivity index (χ1) is 16.8. The Kier molecular flexibility index (Phi) is 7.20. The predicted octanol–water partition coefficient (Wildman–Crippen LogP) is 3.27. The SMILES string of the molecule is C=S(C)(=O)NC(=O)c1ccc(C(=O)Nc2cc(-c3ccc(F)c(F)c3)ccc2C(=O)O)c(C(=O)O)c1. The van der Waals surface area contributed by atoms with E-state index in [0.717, 1.165) is 36.4 Å². The quantitative estimate of drug-likeness (QED) is 0.352. The summed E-state index contributed by atoms with van der Waals surface area (Å²) in [6.45, 7) is 0. The summed E-state index contributed by atoms with van der Waals surface area (Å²) in [4.78, 5) is 48.6. The molecular weight excluding hydrogens is 498 g/mol. The molecule has 0 aliphatic heterocycles. The molecule has 0 aromatic heterocycles. The minimum absolute atomic E-state index is 0.195. The number of hydrogen-bond acceptors (Lipinski definition) is 5. The topological polar surface area (TPSA) is 150 Å². The molecule has 0 aliphatic carbocycles. The molecule has 0 heterocycles. The fourth-order valence-electron chi connectivity index (χ4n) is 3.19. The summed E-state index contributed by atoms with van der Waals surface area (Å²) < 4.78 is 40.8. The second-order valence-corrected chi connectivity index (χ2v) is 9.86. The zero-order chi connectivity index (χ0) is 26.8. The van der Waals surface area contributed by atoms with Crippen molar-refractivity contribution in [2.75, 3.05) is 11.6 Å². The maximum Gasteiger partial charge on any atom is 0.337 e. The Morgan fingerprint density at radius 1 is 0.778 bits per heavy atom. The van der Waals surface area contributed by atoms with E-state index in [1.165, 1.54) is 24.5 Å². The molecule has 3 aromatic rings. The van der Waals surface area contributed by atoms with Gasteiger partial charge in [-0.3, -0.25) is 14.3 Å². The number of carbonyl (C=O) groups excluding carboxylic acids is 2. The molecule has 0 radical (unpaired) electrons. The van der Waals surface area contributed by atoms with Crippen LogP contribution in [0.5, 0.6) is 0 Å². The fourth-order valence-corrected chi connectivity index (χ4v) is 3.70. The van der Waals surface area contributed by atoms with E-state index < -0.39 is 56.2 Å². The predicted molar refractivity (Wildman–Crippen MR) is 129 cm³/mol. The third-order valence-corrected chi connectivity index (χ3v) is 5.43. The molecule has 0 saturated heterocycles. The summed E-state index contributed by atoms with van der Waals surface area (Å²) in [5, 5.41) is 21.4. The number of benzene rings is 3. The maximum absolute atomic E-state index is 13.7. The summed E-state index contributed by atoms with van der Waals surface area (Å²) in [6.07, 6.45) is 1.17. The normalized spacial score (nSPS) is 12.3. The second-order valence-electron chi connectivity index (χ2n) is 7.65. The van der Waals surface area contributed by atoms with Crippen LogP contribution < -0.4 is 10.0 Å². The zero-order valence-corrected chi connectivity index (χ0v) is 19.3. The van der Waals surface area contributed by atoms with Crippen molar-refractivity contribution < 1.29 is 42.4 Å². The summed E-state index contributed by atoms with van der Waals surface area (Å²) in [5.74, 6) is -3.80. The van der Waals surface area contributed by atoms with Gasteiger partial charge >= 0.3 is 11.9 Å². The van der Waals surface area contributed by atoms with Crippen LogP contribution in [0.3, 0.4) is 0 Å². The van der Waals surface area contributed by atoms with Crippen LogP contribution >= 0.6 is 0 Å². The van der Waals surface area contributed by atoms with Crippen molar-refractivity contribution in [3.8, 4) is 11.1 Å². The van der Waals surface area contributed by atoms with E-state index in [4.69, 9.17) is 0 Å². The highest BCUT2D eigenvalue weighted by Crippen LogP contribution is 2.28. The number of carboxylic acid groups (broad SMARTS) is 2. The van der Waals surface area contributed by atoms with Gasteiger partial charge in [0.15, 0.2) is 11.6 Å². The van der Waals surface area contributed by atoms with Crippen LogP contribution in [-0.4, -0.2) is 50.3 Å². The van der Waals surface area contributed by atoms with E-state index in [0.29, 0.717) is 0 Å². The standard InChI is InChI=1S/C24H18F2N2O7S/c1-36(2,35)28-21(29)14-4-6-15(17(9-14)24(33)34)22(30)27-20-11-13(3-7-16(20)23(31)32)12-5-8-18(25)19(26)10-12/h3-11H,1H2,2H3,(H,27,30)(H,31,32)(H,33,34)(H,28,29,35). The number of rotatable bonds is 7. The first kappa shape index (κ1) is 26.0. The van der Waals surface area contributed by atoms with Crippen molar-refractivity contribution >= 4 is 45.0 Å². The van der Waals surface area contributed by atoms with Gasteiger partial charge in [0.25, 0.3) is 11.8 Å². The Labute approximate surface area is 203 Å². The van der Waals surface area contributed by atoms with Crippen molar-refractivity contribution in [2.24, 2.45) is 0 Å². The zero-order valence-electron chi connectivity index (χ0n) is 18.5. The fraction of sp³-hybridized carbons (Fsp3) is 0.0417. The maximum atomic E-state index is 13.7. The first-order valence-electron chi connectivity index (χ1n) is 9.92. The molecule has 9 nitrogen and oxygen atoms in total. The lowest BCUT2D eigenvalue weighted by Crippen LogP contribution is -2.29. The third kappa shape index (κ3) is 5.91. The molecule has 0 saturated carbocycles. The molecule has 0 bridgehead atoms. The van der Waals surface area contributed by atoms with Gasteiger partial charge in [-0.2, -0.15) is 0 Å². The molecule has 0 fully saturated rings. The highest BCUT2D eigenvalue weighted by atomic mass is 32.2. The van der Waals surface area contributed by atoms with Crippen molar-refractivity contribution in [1.82, 2.24) is 4.72 Å². The van der Waals surface area contributed by atoms with E-state index in [1.54, 1.807) is 0 Å². The lowest BCUT2D eigenvalue weighted by Gasteiger charge is -2.13. The number of carbonyl (C=O) groups is 4. The van der Waals surface area contributed by atoms with Crippen LogP contribution in [0.25, 0.3) is 11.1 Å². The summed E-state index contributed by atoms with van der Waals surface area (Å²) in [7, 11) is -2.94. The van der Waals surface area contributed by atoms with Crippen molar-refractivity contribution in [3.05, 3.63) is 88.5 Å².